The van der Waals surface area contributed by atoms with Gasteiger partial charge < -0.3 is 15.5 Å². The van der Waals surface area contributed by atoms with E-state index < -0.39 is 12.2 Å². The van der Waals surface area contributed by atoms with Crippen LogP contribution in [0.3, 0.4) is 0 Å². The number of aliphatic imine (C=N–C) groups is 1. The number of hydrogen-bond acceptors (Lipinski definition) is 4. The van der Waals surface area contributed by atoms with E-state index in [9.17, 15) is 14.4 Å². The third-order valence-corrected chi connectivity index (χ3v) is 8.63. The Morgan fingerprint density at radius 2 is 1.64 bits per heavy atom. The molecule has 39 heavy (non-hydrogen) atoms. The van der Waals surface area contributed by atoms with Gasteiger partial charge in [0.05, 0.1) is 11.4 Å². The summed E-state index contributed by atoms with van der Waals surface area (Å²) in [5, 5.41) is 5.64. The number of amides is 4. The predicted molar refractivity (Wildman–Crippen MR) is 152 cm³/mol. The summed E-state index contributed by atoms with van der Waals surface area (Å²) in [5.74, 6) is 0.928. The van der Waals surface area contributed by atoms with E-state index in [4.69, 9.17) is 4.99 Å². The minimum atomic E-state index is -1.12. The summed E-state index contributed by atoms with van der Waals surface area (Å²) in [6, 6.07) is 12.9. The fourth-order valence-corrected chi connectivity index (χ4v) is 6.43. The fourth-order valence-electron chi connectivity index (χ4n) is 6.43. The highest BCUT2D eigenvalue weighted by Gasteiger charge is 2.40. The summed E-state index contributed by atoms with van der Waals surface area (Å²) in [7, 11) is 0. The number of benzene rings is 2. The van der Waals surface area contributed by atoms with Crippen molar-refractivity contribution in [2.24, 2.45) is 22.7 Å². The Bertz CT molecular complexity index is 1310. The van der Waals surface area contributed by atoms with E-state index in [2.05, 4.69) is 10.6 Å². The summed E-state index contributed by atoms with van der Waals surface area (Å²) >= 11 is 0. The molecule has 3 heterocycles. The molecule has 2 aromatic rings. The summed E-state index contributed by atoms with van der Waals surface area (Å²) in [4.78, 5) is 49.3. The molecule has 8 nitrogen and oxygen atoms in total. The number of nitrogens with one attached hydrogen (secondary N) is 2. The van der Waals surface area contributed by atoms with Crippen LogP contribution in [0.2, 0.25) is 0 Å². The highest BCUT2D eigenvalue weighted by Crippen LogP contribution is 2.40. The Balaban J connectivity index is 1.30. The van der Waals surface area contributed by atoms with Gasteiger partial charge >= 0.3 is 6.03 Å². The van der Waals surface area contributed by atoms with Gasteiger partial charge in [-0.25, -0.2) is 4.79 Å². The summed E-state index contributed by atoms with van der Waals surface area (Å²) < 4.78 is 0. The first kappa shape index (κ1) is 25.6. The second kappa shape index (κ2) is 10.5. The Hall–Kier alpha value is -3.68. The van der Waals surface area contributed by atoms with Crippen LogP contribution in [0.1, 0.15) is 55.2 Å². The van der Waals surface area contributed by atoms with Crippen LogP contribution in [0.25, 0.3) is 0 Å². The zero-order valence-corrected chi connectivity index (χ0v) is 22.8. The van der Waals surface area contributed by atoms with Gasteiger partial charge in [-0.15, -0.1) is 0 Å². The Kier molecular flexibility index (Phi) is 6.87. The molecular formula is C31H37N5O3. The number of para-hydroxylation sites is 1. The van der Waals surface area contributed by atoms with Crippen LogP contribution in [-0.2, 0) is 9.59 Å². The molecule has 0 radical (unpaired) electrons. The molecule has 1 atom stereocenters. The number of hydrogen-bond donors (Lipinski definition) is 2. The molecule has 7 rings (SSSR count). The van der Waals surface area contributed by atoms with Crippen molar-refractivity contribution in [2.45, 2.75) is 58.5 Å². The van der Waals surface area contributed by atoms with Crippen molar-refractivity contribution in [1.29, 1.82) is 0 Å². The first-order valence-electron chi connectivity index (χ1n) is 14.3. The topological polar surface area (TPSA) is 94.1 Å². The lowest BCUT2D eigenvalue weighted by atomic mass is 9.84. The van der Waals surface area contributed by atoms with E-state index >= 15 is 0 Å². The zero-order valence-electron chi connectivity index (χ0n) is 22.8. The number of carbonyl (C=O) groups is 3. The number of fused-ring (bicyclic) bond motifs is 5. The van der Waals surface area contributed by atoms with Crippen LogP contribution in [0.4, 0.5) is 16.2 Å². The van der Waals surface area contributed by atoms with Gasteiger partial charge in [0.2, 0.25) is 12.1 Å². The monoisotopic (exact) mass is 527 g/mol. The number of rotatable bonds is 5. The Morgan fingerprint density at radius 3 is 2.31 bits per heavy atom. The maximum absolute atomic E-state index is 14.1. The molecule has 2 bridgehead atoms. The minimum Gasteiger partial charge on any atom is -0.341 e. The lowest BCUT2D eigenvalue weighted by Crippen LogP contribution is -2.52. The van der Waals surface area contributed by atoms with Crippen molar-refractivity contribution >= 4 is 34.9 Å². The van der Waals surface area contributed by atoms with Gasteiger partial charge in [-0.05, 0) is 87.5 Å². The Morgan fingerprint density at radius 1 is 0.949 bits per heavy atom. The molecule has 2 saturated carbocycles. The van der Waals surface area contributed by atoms with Crippen molar-refractivity contribution < 1.29 is 14.4 Å². The van der Waals surface area contributed by atoms with Crippen molar-refractivity contribution in [3.8, 4) is 0 Å². The average Bonchev–Trinajstić information content (AvgIpc) is 3.77. The molecule has 2 aliphatic carbocycles. The van der Waals surface area contributed by atoms with E-state index in [1.165, 1.54) is 25.7 Å². The number of aryl methyl sites for hydroxylation is 2. The van der Waals surface area contributed by atoms with Gasteiger partial charge in [0.15, 0.2) is 0 Å². The van der Waals surface area contributed by atoms with Gasteiger partial charge in [-0.3, -0.25) is 19.5 Å². The van der Waals surface area contributed by atoms with Crippen molar-refractivity contribution in [3.05, 3.63) is 59.2 Å². The van der Waals surface area contributed by atoms with E-state index in [1.54, 1.807) is 11.0 Å². The van der Waals surface area contributed by atoms with Gasteiger partial charge in [0.25, 0.3) is 5.91 Å². The molecular weight excluding hydrogens is 490 g/mol. The van der Waals surface area contributed by atoms with E-state index in [1.807, 2.05) is 55.1 Å². The summed E-state index contributed by atoms with van der Waals surface area (Å²) in [5.41, 5.74) is 5.04. The van der Waals surface area contributed by atoms with Crippen LogP contribution in [-0.4, -0.2) is 54.3 Å². The van der Waals surface area contributed by atoms with Gasteiger partial charge in [-0.2, -0.15) is 0 Å². The van der Waals surface area contributed by atoms with Gasteiger partial charge in [0, 0.05) is 30.3 Å². The molecule has 4 fully saturated rings. The molecule has 2 aromatic carbocycles. The summed E-state index contributed by atoms with van der Waals surface area (Å²) in [6.07, 6.45) is 5.60. The molecule has 1 unspecified atom stereocenters. The molecule has 4 amide bonds. The zero-order chi connectivity index (χ0) is 27.1. The van der Waals surface area contributed by atoms with Gasteiger partial charge in [-0.1, -0.05) is 30.3 Å². The quantitative estimate of drug-likeness (QED) is 0.593. The number of benzodiazepines with no additional fused rings is 1. The maximum atomic E-state index is 14.1. The van der Waals surface area contributed by atoms with Crippen molar-refractivity contribution in [3.63, 3.8) is 0 Å². The first-order valence-corrected chi connectivity index (χ1v) is 14.3. The van der Waals surface area contributed by atoms with E-state index in [0.717, 1.165) is 54.0 Å². The molecule has 5 aliphatic rings. The molecule has 2 saturated heterocycles. The first-order chi connectivity index (χ1) is 18.9. The molecule has 204 valence electrons. The molecule has 0 aromatic heterocycles. The summed E-state index contributed by atoms with van der Waals surface area (Å²) in [6.45, 7) is 5.40. The maximum Gasteiger partial charge on any atom is 0.321 e. The second-order valence-corrected chi connectivity index (χ2v) is 11.7. The average molecular weight is 528 g/mol. The fraction of sp³-hybridized carbons (Fsp3) is 0.484. The molecule has 2 N–H and O–H groups in total. The van der Waals surface area contributed by atoms with Crippen molar-refractivity contribution in [2.75, 3.05) is 29.9 Å². The van der Waals surface area contributed by atoms with Crippen LogP contribution in [0.5, 0.6) is 0 Å². The highest BCUT2D eigenvalue weighted by atomic mass is 16.2. The lowest BCUT2D eigenvalue weighted by molar-refractivity contribution is -0.132. The third-order valence-electron chi connectivity index (χ3n) is 8.63. The molecule has 3 aliphatic heterocycles. The SMILES string of the molecule is Cc1cccc(NC(=O)NC2N=C(C3CC3)c3cccc(C)c3N(CC(=O)N3CC4CCC(CC4)C3)C2=O)c1. The van der Waals surface area contributed by atoms with E-state index in [-0.39, 0.29) is 24.3 Å². The second-order valence-electron chi connectivity index (χ2n) is 11.7. The minimum absolute atomic E-state index is 0.0332. The predicted octanol–water partition coefficient (Wildman–Crippen LogP) is 4.65. The van der Waals surface area contributed by atoms with Crippen LogP contribution in [0, 0.1) is 31.6 Å². The molecule has 0 spiro atoms. The highest BCUT2D eigenvalue weighted by molar-refractivity contribution is 6.16. The van der Waals surface area contributed by atoms with Crippen LogP contribution >= 0.6 is 0 Å². The number of anilines is 2. The normalized spacial score (nSPS) is 24.4. The standard InChI is InChI=1S/C31H37N5O3/c1-19-5-3-7-24(15-19)32-31(39)34-29-30(38)36(18-26(37)35-16-21-9-10-22(17-35)12-11-21)28-20(2)6-4-8-25(28)27(33-29)23-13-14-23/h3-8,15,21-23,29H,9-14,16-18H2,1-2H3,(H2,32,34,39). The van der Waals surface area contributed by atoms with Crippen LogP contribution in [0.15, 0.2) is 47.5 Å². The number of nitrogens with zero attached hydrogens (tertiary/aromatic N) is 3. The smallest absolute Gasteiger partial charge is 0.321 e. The number of carbonyl (C=O) groups excluding carboxylic acids is 3. The lowest BCUT2D eigenvalue weighted by Gasteiger charge is -2.30. The van der Waals surface area contributed by atoms with Crippen molar-refractivity contribution in [1.82, 2.24) is 10.2 Å². The largest absolute Gasteiger partial charge is 0.341 e. The Labute approximate surface area is 229 Å². The van der Waals surface area contributed by atoms with Gasteiger partial charge in [0.1, 0.15) is 6.54 Å². The van der Waals surface area contributed by atoms with E-state index in [0.29, 0.717) is 17.5 Å². The van der Waals surface area contributed by atoms with Crippen LogP contribution < -0.4 is 15.5 Å². The number of urea groups is 1. The molecule has 8 heteroatoms. The third kappa shape index (κ3) is 5.42.